The van der Waals surface area contributed by atoms with Crippen LogP contribution in [-0.2, 0) is 12.0 Å². The molecule has 0 atom stereocenters. The maximum Gasteiger partial charge on any atom is 0.231 e. The van der Waals surface area contributed by atoms with E-state index >= 15 is 0 Å². The van der Waals surface area contributed by atoms with Gasteiger partial charge in [0, 0.05) is 21.7 Å². The van der Waals surface area contributed by atoms with Gasteiger partial charge in [0.25, 0.3) is 0 Å². The number of fused-ring (bicyclic) bond motifs is 1. The molecule has 3 aromatic rings. The summed E-state index contributed by atoms with van der Waals surface area (Å²) in [6.45, 7) is 6.72. The molecule has 5 heteroatoms. The first-order chi connectivity index (χ1) is 14.7. The van der Waals surface area contributed by atoms with Crippen molar-refractivity contribution in [2.45, 2.75) is 32.8 Å². The molecular formula is C26H22Cl2O3. The molecule has 0 N–H and O–H groups in total. The molecule has 1 aliphatic heterocycles. The van der Waals surface area contributed by atoms with Crippen LogP contribution in [0.5, 0.6) is 11.5 Å². The first-order valence-electron chi connectivity index (χ1n) is 9.97. The summed E-state index contributed by atoms with van der Waals surface area (Å²) in [4.78, 5) is 12.7. The highest BCUT2D eigenvalue weighted by Crippen LogP contribution is 2.36. The van der Waals surface area contributed by atoms with E-state index in [4.69, 9.17) is 32.7 Å². The lowest BCUT2D eigenvalue weighted by Gasteiger charge is -2.18. The van der Waals surface area contributed by atoms with Crippen LogP contribution in [0.2, 0.25) is 10.0 Å². The molecule has 3 nitrogen and oxygen atoms in total. The number of carbonyl (C=O) groups is 1. The zero-order chi connectivity index (χ0) is 22.2. The number of ether oxygens (including phenoxy) is 2. The summed E-state index contributed by atoms with van der Waals surface area (Å²) in [7, 11) is 0. The van der Waals surface area contributed by atoms with Crippen LogP contribution in [0.4, 0.5) is 0 Å². The largest absolute Gasteiger partial charge is 0.489 e. The maximum absolute atomic E-state index is 12.7. The van der Waals surface area contributed by atoms with E-state index in [9.17, 15) is 4.79 Å². The van der Waals surface area contributed by atoms with E-state index in [1.165, 1.54) is 5.56 Å². The molecule has 0 bridgehead atoms. The SMILES string of the molecule is CC(C)(C)c1ccc(C=C2Oc3cc(OCc4c(Cl)cccc4Cl)ccc3C2=O)cc1. The summed E-state index contributed by atoms with van der Waals surface area (Å²) in [6, 6.07) is 18.6. The Bertz CT molecular complexity index is 1150. The quantitative estimate of drug-likeness (QED) is 0.384. The highest BCUT2D eigenvalue weighted by molar-refractivity contribution is 6.35. The lowest BCUT2D eigenvalue weighted by atomic mass is 9.86. The van der Waals surface area contributed by atoms with Gasteiger partial charge < -0.3 is 9.47 Å². The Hall–Kier alpha value is -2.75. The van der Waals surface area contributed by atoms with Gasteiger partial charge in [0.15, 0.2) is 5.76 Å². The third-order valence-corrected chi connectivity index (χ3v) is 5.87. The number of halogens is 2. The molecular weight excluding hydrogens is 431 g/mol. The van der Waals surface area contributed by atoms with Crippen LogP contribution >= 0.6 is 23.2 Å². The lowest BCUT2D eigenvalue weighted by Crippen LogP contribution is -2.10. The minimum absolute atomic E-state index is 0.0756. The highest BCUT2D eigenvalue weighted by atomic mass is 35.5. The van der Waals surface area contributed by atoms with Crippen molar-refractivity contribution >= 4 is 35.1 Å². The van der Waals surface area contributed by atoms with Crippen LogP contribution in [0.25, 0.3) is 6.08 Å². The van der Waals surface area contributed by atoms with E-state index in [0.29, 0.717) is 38.4 Å². The minimum Gasteiger partial charge on any atom is -0.489 e. The second-order valence-electron chi connectivity index (χ2n) is 8.46. The number of allylic oxidation sites excluding steroid dienone is 1. The summed E-state index contributed by atoms with van der Waals surface area (Å²) >= 11 is 12.4. The topological polar surface area (TPSA) is 35.5 Å². The van der Waals surface area contributed by atoms with Gasteiger partial charge in [-0.15, -0.1) is 0 Å². The van der Waals surface area contributed by atoms with Crippen molar-refractivity contribution in [3.8, 4) is 11.5 Å². The van der Waals surface area contributed by atoms with Crippen LogP contribution in [0, 0.1) is 0 Å². The van der Waals surface area contributed by atoms with Gasteiger partial charge in [0.1, 0.15) is 18.1 Å². The van der Waals surface area contributed by atoms with E-state index < -0.39 is 0 Å². The van der Waals surface area contributed by atoms with Gasteiger partial charge in [-0.3, -0.25) is 4.79 Å². The number of hydrogen-bond acceptors (Lipinski definition) is 3. The van der Waals surface area contributed by atoms with Crippen molar-refractivity contribution in [1.29, 1.82) is 0 Å². The molecule has 1 aliphatic rings. The Morgan fingerprint density at radius 1 is 0.968 bits per heavy atom. The van der Waals surface area contributed by atoms with Gasteiger partial charge in [-0.25, -0.2) is 0 Å². The van der Waals surface area contributed by atoms with Crippen LogP contribution in [-0.4, -0.2) is 5.78 Å². The number of hydrogen-bond donors (Lipinski definition) is 0. The maximum atomic E-state index is 12.7. The molecule has 1 heterocycles. The fourth-order valence-corrected chi connectivity index (χ4v) is 3.82. The molecule has 0 aliphatic carbocycles. The van der Waals surface area contributed by atoms with Crippen LogP contribution in [0.1, 0.15) is 47.8 Å². The first kappa shape index (κ1) is 21.5. The van der Waals surface area contributed by atoms with Gasteiger partial charge in [-0.05, 0) is 46.9 Å². The third-order valence-electron chi connectivity index (χ3n) is 5.16. The van der Waals surface area contributed by atoms with Crippen LogP contribution in [0.3, 0.4) is 0 Å². The molecule has 0 radical (unpaired) electrons. The molecule has 0 amide bonds. The second-order valence-corrected chi connectivity index (χ2v) is 9.27. The molecule has 4 rings (SSSR count). The summed E-state index contributed by atoms with van der Waals surface area (Å²) in [5.41, 5.74) is 3.45. The second kappa shape index (κ2) is 8.41. The first-order valence-corrected chi connectivity index (χ1v) is 10.7. The van der Waals surface area contributed by atoms with E-state index in [1.54, 1.807) is 42.5 Å². The Balaban J connectivity index is 1.51. The Morgan fingerprint density at radius 2 is 1.65 bits per heavy atom. The zero-order valence-corrected chi connectivity index (χ0v) is 19.1. The van der Waals surface area contributed by atoms with Crippen molar-refractivity contribution < 1.29 is 14.3 Å². The number of Topliss-reactive ketones (excluding diaryl/α,β-unsaturated/α-hetero) is 1. The third kappa shape index (κ3) is 4.63. The Morgan fingerprint density at radius 3 is 2.29 bits per heavy atom. The monoisotopic (exact) mass is 452 g/mol. The van der Waals surface area contributed by atoms with Crippen molar-refractivity contribution in [2.75, 3.05) is 0 Å². The minimum atomic E-state index is -0.143. The van der Waals surface area contributed by atoms with Crippen LogP contribution < -0.4 is 9.47 Å². The molecule has 0 unspecified atom stereocenters. The molecule has 0 saturated carbocycles. The Labute approximate surface area is 192 Å². The van der Waals surface area contributed by atoms with Crippen molar-refractivity contribution in [1.82, 2.24) is 0 Å². The number of benzene rings is 3. The molecule has 0 saturated heterocycles. The number of ketones is 1. The highest BCUT2D eigenvalue weighted by Gasteiger charge is 2.28. The molecule has 0 spiro atoms. The smallest absolute Gasteiger partial charge is 0.231 e. The average molecular weight is 453 g/mol. The molecule has 3 aromatic carbocycles. The fourth-order valence-electron chi connectivity index (χ4n) is 3.31. The van der Waals surface area contributed by atoms with Gasteiger partial charge in [0.2, 0.25) is 5.78 Å². The van der Waals surface area contributed by atoms with E-state index in [0.717, 1.165) is 5.56 Å². The number of rotatable bonds is 4. The lowest BCUT2D eigenvalue weighted by molar-refractivity contribution is 0.101. The van der Waals surface area contributed by atoms with Crippen molar-refractivity contribution in [3.63, 3.8) is 0 Å². The van der Waals surface area contributed by atoms with E-state index in [1.807, 2.05) is 12.1 Å². The molecule has 31 heavy (non-hydrogen) atoms. The zero-order valence-electron chi connectivity index (χ0n) is 17.5. The molecule has 0 fully saturated rings. The predicted octanol–water partition coefficient (Wildman–Crippen LogP) is 7.49. The molecule has 158 valence electrons. The summed E-state index contributed by atoms with van der Waals surface area (Å²) in [6.07, 6.45) is 1.76. The molecule has 0 aromatic heterocycles. The van der Waals surface area contributed by atoms with Crippen molar-refractivity contribution in [3.05, 3.63) is 98.7 Å². The normalized spacial score (nSPS) is 14.5. The summed E-state index contributed by atoms with van der Waals surface area (Å²) in [5, 5.41) is 1.09. The standard InChI is InChI=1S/C26H22Cl2O3/c1-26(2,3)17-9-7-16(8-10-17)13-24-25(29)19-12-11-18(14-23(19)31-24)30-15-20-21(27)5-4-6-22(20)28/h4-14H,15H2,1-3H3. The van der Waals surface area contributed by atoms with E-state index in [2.05, 4.69) is 32.9 Å². The summed E-state index contributed by atoms with van der Waals surface area (Å²) in [5.74, 6) is 1.20. The van der Waals surface area contributed by atoms with Crippen LogP contribution in [0.15, 0.2) is 66.4 Å². The fraction of sp³-hybridized carbons (Fsp3) is 0.192. The van der Waals surface area contributed by atoms with Gasteiger partial charge in [-0.1, -0.05) is 74.3 Å². The summed E-state index contributed by atoms with van der Waals surface area (Å²) < 4.78 is 11.7. The number of carbonyl (C=O) groups excluding carboxylic acids is 1. The van der Waals surface area contributed by atoms with E-state index in [-0.39, 0.29) is 17.8 Å². The van der Waals surface area contributed by atoms with Crippen molar-refractivity contribution in [2.24, 2.45) is 0 Å². The van der Waals surface area contributed by atoms with Gasteiger partial charge >= 0.3 is 0 Å². The van der Waals surface area contributed by atoms with Gasteiger partial charge in [0.05, 0.1) is 5.56 Å². The predicted molar refractivity (Wildman–Crippen MR) is 125 cm³/mol. The van der Waals surface area contributed by atoms with Gasteiger partial charge in [-0.2, -0.15) is 0 Å². The Kier molecular flexibility index (Phi) is 5.83. The average Bonchev–Trinajstić information content (AvgIpc) is 3.02.